The molecule has 0 aromatic heterocycles. The smallest absolute Gasteiger partial charge is 0.450 e. The van der Waals surface area contributed by atoms with E-state index in [1.54, 1.807) is 6.08 Å². The number of allylic oxidation sites excluding steroid dienone is 2. The molecule has 0 radical (unpaired) electrons. The normalized spacial score (nSPS) is 10.6. The van der Waals surface area contributed by atoms with Crippen LogP contribution in [-0.4, -0.2) is 29.1 Å². The monoisotopic (exact) mass is 202 g/mol. The first-order chi connectivity index (χ1) is 6.63. The fourth-order valence-corrected chi connectivity index (χ4v) is 0.532. The maximum Gasteiger partial charge on any atom is 0.510 e. The van der Waals surface area contributed by atoms with Crippen LogP contribution in [0.3, 0.4) is 0 Å². The second-order valence-electron chi connectivity index (χ2n) is 2.04. The minimum atomic E-state index is -1.39. The lowest BCUT2D eigenvalue weighted by molar-refractivity contribution is 0.0932. The largest absolute Gasteiger partial charge is 0.510 e. The summed E-state index contributed by atoms with van der Waals surface area (Å²) in [6.07, 6.45) is 3.22. The van der Waals surface area contributed by atoms with Crippen LogP contribution < -0.4 is 0 Å². The Bertz CT molecular complexity index is 242. The van der Waals surface area contributed by atoms with Gasteiger partial charge in [0.1, 0.15) is 0 Å². The van der Waals surface area contributed by atoms with E-state index in [-0.39, 0.29) is 6.61 Å². The fraction of sp³-hybridized carbons (Fsp3) is 0.250. The van der Waals surface area contributed by atoms with Crippen molar-refractivity contribution >= 4 is 12.3 Å². The van der Waals surface area contributed by atoms with Gasteiger partial charge in [-0.15, -0.1) is 0 Å². The number of ether oxygens (including phenoxy) is 2. The third-order valence-electron chi connectivity index (χ3n) is 1.00. The second-order valence-corrected chi connectivity index (χ2v) is 2.04. The molecule has 0 aromatic carbocycles. The quantitative estimate of drug-likeness (QED) is 0.306. The molecule has 0 aliphatic carbocycles. The van der Waals surface area contributed by atoms with Crippen molar-refractivity contribution in [3.63, 3.8) is 0 Å². The summed E-state index contributed by atoms with van der Waals surface area (Å²) in [5, 5.41) is 16.1. The Morgan fingerprint density at radius 2 is 1.86 bits per heavy atom. The summed E-state index contributed by atoms with van der Waals surface area (Å²) in [6.45, 7) is 0.0689. The van der Waals surface area contributed by atoms with E-state index >= 15 is 0 Å². The molecule has 0 saturated carbocycles. The molecule has 0 spiro atoms. The van der Waals surface area contributed by atoms with Crippen molar-refractivity contribution in [2.45, 2.75) is 6.42 Å². The maximum atomic E-state index is 9.86. The Hall–Kier alpha value is -1.98. The van der Waals surface area contributed by atoms with Gasteiger partial charge in [0.2, 0.25) is 0 Å². The topological polar surface area (TPSA) is 93.1 Å². The number of hydrogen-bond acceptors (Lipinski definition) is 4. The summed E-state index contributed by atoms with van der Waals surface area (Å²) in [6, 6.07) is 0. The third kappa shape index (κ3) is 10.0. The highest BCUT2D eigenvalue weighted by Gasteiger charge is 1.91. The van der Waals surface area contributed by atoms with Crippen LogP contribution in [0, 0.1) is 0 Å². The van der Waals surface area contributed by atoms with Crippen molar-refractivity contribution < 1.29 is 29.3 Å². The highest BCUT2D eigenvalue weighted by atomic mass is 16.7. The van der Waals surface area contributed by atoms with Crippen LogP contribution in [0.25, 0.3) is 0 Å². The summed E-state index contributed by atoms with van der Waals surface area (Å²) in [5.41, 5.74) is 0. The Kier molecular flexibility index (Phi) is 6.57. The van der Waals surface area contributed by atoms with Gasteiger partial charge < -0.3 is 19.7 Å². The molecule has 0 amide bonds. The van der Waals surface area contributed by atoms with Gasteiger partial charge in [-0.2, -0.15) is 0 Å². The van der Waals surface area contributed by atoms with Gasteiger partial charge in [0.25, 0.3) is 0 Å². The molecule has 0 atom stereocenters. The summed E-state index contributed by atoms with van der Waals surface area (Å²) in [4.78, 5) is 19.7. The van der Waals surface area contributed by atoms with Gasteiger partial charge in [-0.05, 0) is 12.5 Å². The molecule has 6 nitrogen and oxygen atoms in total. The summed E-state index contributed by atoms with van der Waals surface area (Å²) in [5.74, 6) is 0. The van der Waals surface area contributed by atoms with E-state index in [1.807, 2.05) is 0 Å². The number of carbonyl (C=O) groups is 2. The first-order valence-electron chi connectivity index (χ1n) is 3.70. The first kappa shape index (κ1) is 12.0. The first-order valence-corrected chi connectivity index (χ1v) is 3.70. The number of rotatable bonds is 5. The van der Waals surface area contributed by atoms with Gasteiger partial charge in [0.05, 0.1) is 12.9 Å². The molecule has 14 heavy (non-hydrogen) atoms. The molecule has 0 saturated heterocycles. The van der Waals surface area contributed by atoms with Gasteiger partial charge >= 0.3 is 12.3 Å². The molecular formula is C8H10O6. The van der Waals surface area contributed by atoms with Gasteiger partial charge in [-0.1, -0.05) is 12.2 Å². The van der Waals surface area contributed by atoms with Crippen molar-refractivity contribution in [1.82, 2.24) is 0 Å². The molecule has 2 N–H and O–H groups in total. The van der Waals surface area contributed by atoms with Gasteiger partial charge in [0, 0.05) is 0 Å². The molecule has 0 unspecified atom stereocenters. The SMILES string of the molecule is O=C(O)OC=CC=CCCOC(=O)O. The van der Waals surface area contributed by atoms with E-state index in [1.165, 1.54) is 12.2 Å². The highest BCUT2D eigenvalue weighted by Crippen LogP contribution is 1.88. The van der Waals surface area contributed by atoms with Crippen molar-refractivity contribution in [3.05, 3.63) is 24.5 Å². The van der Waals surface area contributed by atoms with Crippen LogP contribution in [-0.2, 0) is 9.47 Å². The lowest BCUT2D eigenvalue weighted by atomic mass is 10.4. The number of hydrogen-bond donors (Lipinski definition) is 2. The van der Waals surface area contributed by atoms with E-state index in [9.17, 15) is 9.59 Å². The van der Waals surface area contributed by atoms with E-state index in [2.05, 4.69) is 9.47 Å². The van der Waals surface area contributed by atoms with Crippen LogP contribution in [0.5, 0.6) is 0 Å². The Morgan fingerprint density at radius 1 is 1.14 bits per heavy atom. The van der Waals surface area contributed by atoms with Crippen LogP contribution in [0.1, 0.15) is 6.42 Å². The predicted molar refractivity (Wildman–Crippen MR) is 46.0 cm³/mol. The summed E-state index contributed by atoms with van der Waals surface area (Å²) in [7, 11) is 0. The van der Waals surface area contributed by atoms with Gasteiger partial charge in [-0.3, -0.25) is 0 Å². The lowest BCUT2D eigenvalue weighted by Crippen LogP contribution is -2.00. The zero-order valence-corrected chi connectivity index (χ0v) is 7.25. The zero-order valence-electron chi connectivity index (χ0n) is 7.25. The Morgan fingerprint density at radius 3 is 2.43 bits per heavy atom. The maximum absolute atomic E-state index is 9.86. The van der Waals surface area contributed by atoms with Crippen molar-refractivity contribution in [1.29, 1.82) is 0 Å². The van der Waals surface area contributed by atoms with Crippen molar-refractivity contribution in [3.8, 4) is 0 Å². The van der Waals surface area contributed by atoms with Gasteiger partial charge in [-0.25, -0.2) is 9.59 Å². The molecular weight excluding hydrogens is 192 g/mol. The molecule has 0 heterocycles. The Labute approximate surface area is 80.1 Å². The van der Waals surface area contributed by atoms with E-state index in [0.717, 1.165) is 6.26 Å². The van der Waals surface area contributed by atoms with E-state index in [4.69, 9.17) is 10.2 Å². The molecule has 0 aliphatic rings. The second kappa shape index (κ2) is 7.66. The van der Waals surface area contributed by atoms with Crippen molar-refractivity contribution in [2.24, 2.45) is 0 Å². The minimum absolute atomic E-state index is 0.0689. The standard InChI is InChI=1S/C8H10O6/c9-7(10)13-5-3-1-2-4-6-14-8(11)12/h1-3,5H,4,6H2,(H,9,10)(H,11,12). The highest BCUT2D eigenvalue weighted by molar-refractivity contribution is 5.57. The average molecular weight is 202 g/mol. The fourth-order valence-electron chi connectivity index (χ4n) is 0.532. The lowest BCUT2D eigenvalue weighted by Gasteiger charge is -1.93. The molecule has 0 aliphatic heterocycles. The molecule has 0 rings (SSSR count). The predicted octanol–water partition coefficient (Wildman–Crippen LogP) is 1.84. The average Bonchev–Trinajstić information content (AvgIpc) is 2.08. The van der Waals surface area contributed by atoms with Crippen LogP contribution in [0.2, 0.25) is 0 Å². The number of carboxylic acid groups (broad SMARTS) is 2. The van der Waals surface area contributed by atoms with E-state index in [0.29, 0.717) is 6.42 Å². The molecule has 6 heteroatoms. The zero-order chi connectivity index (χ0) is 10.8. The Balaban J connectivity index is 3.40. The molecule has 0 fully saturated rings. The third-order valence-corrected chi connectivity index (χ3v) is 1.00. The van der Waals surface area contributed by atoms with Crippen LogP contribution >= 0.6 is 0 Å². The van der Waals surface area contributed by atoms with Crippen molar-refractivity contribution in [2.75, 3.05) is 6.61 Å². The molecule has 78 valence electrons. The minimum Gasteiger partial charge on any atom is -0.450 e. The summed E-state index contributed by atoms with van der Waals surface area (Å²) < 4.78 is 8.25. The van der Waals surface area contributed by atoms with Gasteiger partial charge in [0.15, 0.2) is 0 Å². The van der Waals surface area contributed by atoms with E-state index < -0.39 is 12.3 Å². The van der Waals surface area contributed by atoms with Crippen LogP contribution in [0.15, 0.2) is 24.5 Å². The molecule has 0 bridgehead atoms. The molecule has 0 aromatic rings. The summed E-state index contributed by atoms with van der Waals surface area (Å²) >= 11 is 0. The van der Waals surface area contributed by atoms with Crippen LogP contribution in [0.4, 0.5) is 9.59 Å².